The van der Waals surface area contributed by atoms with E-state index in [1.54, 1.807) is 0 Å². The van der Waals surface area contributed by atoms with Gasteiger partial charge >= 0.3 is 0 Å². The first-order valence-corrected chi connectivity index (χ1v) is 2.94. The molecule has 10 heavy (non-hydrogen) atoms. The molecule has 0 amide bonds. The first-order chi connectivity index (χ1) is 4.59. The normalized spacial score (nSPS) is 8.20. The molecule has 0 spiro atoms. The molecule has 0 saturated carbocycles. The Morgan fingerprint density at radius 1 is 1.20 bits per heavy atom. The number of ketones is 2. The maximum absolute atomic E-state index is 10.6. The minimum absolute atomic E-state index is 0.204. The summed E-state index contributed by atoms with van der Waals surface area (Å²) in [7, 11) is 0. The molecule has 0 aromatic rings. The molecule has 54 valence electrons. The van der Waals surface area contributed by atoms with Gasteiger partial charge < -0.3 is 0 Å². The average Bonchev–Trinajstić information content (AvgIpc) is 1.81. The number of rotatable bonds is 3. The maximum Gasteiger partial charge on any atom is 0.163 e. The monoisotopic (exact) mass is 138 g/mol. The summed E-state index contributed by atoms with van der Waals surface area (Å²) < 4.78 is 0. The fourth-order valence-electron chi connectivity index (χ4n) is 0.600. The third-order valence-electron chi connectivity index (χ3n) is 1.04. The molecule has 0 radical (unpaired) electrons. The largest absolute Gasteiger partial charge is 0.294 e. The van der Waals surface area contributed by atoms with E-state index in [-0.39, 0.29) is 17.1 Å². The molecule has 0 aliphatic carbocycles. The van der Waals surface area contributed by atoms with Crippen LogP contribution in [0.25, 0.3) is 0 Å². The van der Waals surface area contributed by atoms with Crippen LogP contribution < -0.4 is 0 Å². The smallest absolute Gasteiger partial charge is 0.163 e. The zero-order chi connectivity index (χ0) is 8.15. The third kappa shape index (κ3) is 2.40. The molecule has 0 bridgehead atoms. The molecular formula is C8H10O2. The van der Waals surface area contributed by atoms with Gasteiger partial charge in [0.15, 0.2) is 11.6 Å². The van der Waals surface area contributed by atoms with Gasteiger partial charge in [-0.2, -0.15) is 0 Å². The Balaban J connectivity index is 4.58. The van der Waals surface area contributed by atoms with Gasteiger partial charge in [0.25, 0.3) is 0 Å². The van der Waals surface area contributed by atoms with Gasteiger partial charge in [0, 0.05) is 0 Å². The van der Waals surface area contributed by atoms with Crippen molar-refractivity contribution in [1.29, 1.82) is 0 Å². The molecule has 0 heterocycles. The minimum atomic E-state index is -0.215. The van der Waals surface area contributed by atoms with E-state index >= 15 is 0 Å². The molecule has 2 nitrogen and oxygen atoms in total. The van der Waals surface area contributed by atoms with Gasteiger partial charge in [-0.15, -0.1) is 0 Å². The van der Waals surface area contributed by atoms with Crippen molar-refractivity contribution in [3.8, 4) is 0 Å². The lowest BCUT2D eigenvalue weighted by Gasteiger charge is -1.92. The van der Waals surface area contributed by atoms with E-state index in [1.165, 1.54) is 26.0 Å². The van der Waals surface area contributed by atoms with Crippen molar-refractivity contribution >= 4 is 11.6 Å². The summed E-state index contributed by atoms with van der Waals surface area (Å²) >= 11 is 0. The predicted molar refractivity (Wildman–Crippen MR) is 39.6 cm³/mol. The molecule has 0 fully saturated rings. The van der Waals surface area contributed by atoms with Gasteiger partial charge in [-0.05, 0) is 19.9 Å². The summed E-state index contributed by atoms with van der Waals surface area (Å²) in [4.78, 5) is 21.3. The maximum atomic E-state index is 10.6. The van der Waals surface area contributed by atoms with Crippen LogP contribution in [0, 0.1) is 0 Å². The summed E-state index contributed by atoms with van der Waals surface area (Å²) in [5.41, 5.74) is 0.204. The van der Waals surface area contributed by atoms with E-state index in [0.717, 1.165) is 0 Å². The lowest BCUT2D eigenvalue weighted by molar-refractivity contribution is -0.119. The topological polar surface area (TPSA) is 34.1 Å². The molecular weight excluding hydrogens is 128 g/mol. The molecule has 0 aromatic heterocycles. The van der Waals surface area contributed by atoms with Crippen LogP contribution in [-0.2, 0) is 9.59 Å². The van der Waals surface area contributed by atoms with E-state index in [0.29, 0.717) is 0 Å². The van der Waals surface area contributed by atoms with Crippen LogP contribution >= 0.6 is 0 Å². The van der Waals surface area contributed by atoms with Gasteiger partial charge in [-0.3, -0.25) is 9.59 Å². The van der Waals surface area contributed by atoms with Crippen LogP contribution in [0.5, 0.6) is 0 Å². The summed E-state index contributed by atoms with van der Waals surface area (Å²) in [6.07, 6.45) is 2.85. The zero-order valence-corrected chi connectivity index (χ0v) is 6.18. The number of hydrogen-bond acceptors (Lipinski definition) is 2. The Labute approximate surface area is 60.2 Å². The lowest BCUT2D eigenvalue weighted by atomic mass is 10.1. The van der Waals surface area contributed by atoms with Crippen molar-refractivity contribution in [2.45, 2.75) is 13.8 Å². The number of carbonyl (C=O) groups is 2. The van der Waals surface area contributed by atoms with Crippen LogP contribution in [0.3, 0.4) is 0 Å². The highest BCUT2D eigenvalue weighted by atomic mass is 16.1. The first-order valence-electron chi connectivity index (χ1n) is 2.94. The quantitative estimate of drug-likeness (QED) is 0.255. The molecule has 0 rings (SSSR count). The van der Waals surface area contributed by atoms with Crippen molar-refractivity contribution in [2.24, 2.45) is 0 Å². The van der Waals surface area contributed by atoms with E-state index < -0.39 is 0 Å². The third-order valence-corrected chi connectivity index (χ3v) is 1.04. The highest BCUT2D eigenvalue weighted by molar-refractivity contribution is 6.18. The van der Waals surface area contributed by atoms with Gasteiger partial charge in [0.2, 0.25) is 0 Å². The second-order valence-corrected chi connectivity index (χ2v) is 1.93. The van der Waals surface area contributed by atoms with Gasteiger partial charge in [-0.1, -0.05) is 12.7 Å². The van der Waals surface area contributed by atoms with Crippen molar-refractivity contribution < 1.29 is 9.59 Å². The van der Waals surface area contributed by atoms with Crippen LogP contribution in [0.1, 0.15) is 13.8 Å². The first kappa shape index (κ1) is 8.82. The van der Waals surface area contributed by atoms with Crippen molar-refractivity contribution in [3.05, 3.63) is 24.3 Å². The molecule has 0 N–H and O–H groups in total. The summed E-state index contributed by atoms with van der Waals surface area (Å²) in [5.74, 6) is -0.431. The van der Waals surface area contributed by atoms with Gasteiger partial charge in [-0.25, -0.2) is 0 Å². The number of hydrogen-bond donors (Lipinski definition) is 0. The van der Waals surface area contributed by atoms with Crippen LogP contribution in [-0.4, -0.2) is 11.6 Å². The SMILES string of the molecule is C=CC=C(C(C)=O)C(C)=O. The van der Waals surface area contributed by atoms with Crippen molar-refractivity contribution in [3.63, 3.8) is 0 Å². The summed E-state index contributed by atoms with van der Waals surface area (Å²) in [6, 6.07) is 0. The fraction of sp³-hybridized carbons (Fsp3) is 0.250. The van der Waals surface area contributed by atoms with E-state index in [2.05, 4.69) is 6.58 Å². The Morgan fingerprint density at radius 2 is 1.60 bits per heavy atom. The molecule has 0 saturated heterocycles. The molecule has 2 heteroatoms. The minimum Gasteiger partial charge on any atom is -0.294 e. The van der Waals surface area contributed by atoms with Crippen LogP contribution in [0.4, 0.5) is 0 Å². The number of allylic oxidation sites excluding steroid dienone is 3. The Bertz CT molecular complexity index is 183. The van der Waals surface area contributed by atoms with E-state index in [9.17, 15) is 9.59 Å². The summed E-state index contributed by atoms with van der Waals surface area (Å²) in [6.45, 7) is 6.10. The highest BCUT2D eigenvalue weighted by Gasteiger charge is 2.06. The van der Waals surface area contributed by atoms with Gasteiger partial charge in [0.1, 0.15) is 0 Å². The number of carbonyl (C=O) groups excluding carboxylic acids is 2. The van der Waals surface area contributed by atoms with Crippen molar-refractivity contribution in [1.82, 2.24) is 0 Å². The molecule has 0 aromatic carbocycles. The fourth-order valence-corrected chi connectivity index (χ4v) is 0.600. The second kappa shape index (κ2) is 3.77. The molecule has 0 aliphatic heterocycles. The van der Waals surface area contributed by atoms with E-state index in [4.69, 9.17) is 0 Å². The lowest BCUT2D eigenvalue weighted by Crippen LogP contribution is -2.05. The zero-order valence-electron chi connectivity index (χ0n) is 6.18. The molecule has 0 unspecified atom stereocenters. The van der Waals surface area contributed by atoms with E-state index in [1.807, 2.05) is 0 Å². The van der Waals surface area contributed by atoms with Crippen LogP contribution in [0.2, 0.25) is 0 Å². The van der Waals surface area contributed by atoms with Crippen molar-refractivity contribution in [2.75, 3.05) is 0 Å². The highest BCUT2D eigenvalue weighted by Crippen LogP contribution is 1.97. The van der Waals surface area contributed by atoms with Gasteiger partial charge in [0.05, 0.1) is 5.57 Å². The van der Waals surface area contributed by atoms with Crippen LogP contribution in [0.15, 0.2) is 24.3 Å². The molecule has 0 atom stereocenters. The second-order valence-electron chi connectivity index (χ2n) is 1.93. The Kier molecular flexibility index (Phi) is 3.33. The predicted octanol–water partition coefficient (Wildman–Crippen LogP) is 1.28. The standard InChI is InChI=1S/C8H10O2/c1-4-5-8(6(2)9)7(3)10/h4-5H,1H2,2-3H3. The average molecular weight is 138 g/mol. The summed E-state index contributed by atoms with van der Waals surface area (Å²) in [5, 5.41) is 0. The Morgan fingerprint density at radius 3 is 1.70 bits per heavy atom. The molecule has 0 aliphatic rings. The number of Topliss-reactive ketones (excluding diaryl/α,β-unsaturated/α-hetero) is 2. The Hall–Kier alpha value is -1.18.